The van der Waals surface area contributed by atoms with Crippen molar-refractivity contribution in [3.63, 3.8) is 0 Å². The Labute approximate surface area is 122 Å². The van der Waals surface area contributed by atoms with Gasteiger partial charge in [-0.1, -0.05) is 13.0 Å². The van der Waals surface area contributed by atoms with E-state index in [0.29, 0.717) is 6.04 Å². The summed E-state index contributed by atoms with van der Waals surface area (Å²) in [6, 6.07) is 5.05. The van der Waals surface area contributed by atoms with Gasteiger partial charge in [0.25, 0.3) is 0 Å². The number of nitrogens with zero attached hydrogens (tertiary/aromatic N) is 2. The Morgan fingerprint density at radius 3 is 3.00 bits per heavy atom. The highest BCUT2D eigenvalue weighted by molar-refractivity contribution is 7.13. The highest BCUT2D eigenvalue weighted by Crippen LogP contribution is 2.35. The molecular formula is C14H19N3S2. The zero-order valence-electron chi connectivity index (χ0n) is 11.1. The van der Waals surface area contributed by atoms with Gasteiger partial charge in [0.05, 0.1) is 12.2 Å². The predicted molar refractivity (Wildman–Crippen MR) is 83.0 cm³/mol. The summed E-state index contributed by atoms with van der Waals surface area (Å²) in [7, 11) is 0. The maximum Gasteiger partial charge on any atom is 0.186 e. The third-order valence-electron chi connectivity index (χ3n) is 3.24. The summed E-state index contributed by atoms with van der Waals surface area (Å²) in [5, 5.41) is 8.85. The van der Waals surface area contributed by atoms with Crippen LogP contribution >= 0.6 is 22.7 Å². The fourth-order valence-electron chi connectivity index (χ4n) is 2.07. The first-order valence-electron chi connectivity index (χ1n) is 6.81. The van der Waals surface area contributed by atoms with Crippen molar-refractivity contribution in [2.24, 2.45) is 0 Å². The predicted octanol–water partition coefficient (Wildman–Crippen LogP) is 3.48. The molecule has 3 nitrogen and oxygen atoms in total. The van der Waals surface area contributed by atoms with Gasteiger partial charge in [-0.25, -0.2) is 4.98 Å². The molecule has 0 spiro atoms. The monoisotopic (exact) mass is 293 g/mol. The van der Waals surface area contributed by atoms with Crippen LogP contribution in [0.15, 0.2) is 22.9 Å². The van der Waals surface area contributed by atoms with Gasteiger partial charge in [-0.3, -0.25) is 0 Å². The molecule has 102 valence electrons. The Morgan fingerprint density at radius 1 is 1.42 bits per heavy atom. The summed E-state index contributed by atoms with van der Waals surface area (Å²) in [5.74, 6) is 0. The molecule has 2 heterocycles. The van der Waals surface area contributed by atoms with E-state index in [1.165, 1.54) is 28.5 Å². The molecule has 1 aliphatic carbocycles. The van der Waals surface area contributed by atoms with Gasteiger partial charge in [0.15, 0.2) is 5.13 Å². The molecular weight excluding hydrogens is 274 g/mol. The first-order chi connectivity index (χ1) is 9.36. The summed E-state index contributed by atoms with van der Waals surface area (Å²) in [6.45, 7) is 5.01. The summed E-state index contributed by atoms with van der Waals surface area (Å²) >= 11 is 3.61. The number of hydrogen-bond acceptors (Lipinski definition) is 5. The van der Waals surface area contributed by atoms with Crippen molar-refractivity contribution in [1.82, 2.24) is 10.3 Å². The molecule has 0 atom stereocenters. The fraction of sp³-hybridized carbons (Fsp3) is 0.500. The molecule has 0 unspecified atom stereocenters. The molecule has 0 amide bonds. The van der Waals surface area contributed by atoms with Crippen molar-refractivity contribution in [2.75, 3.05) is 11.4 Å². The van der Waals surface area contributed by atoms with Crippen LogP contribution in [0.1, 0.15) is 30.3 Å². The minimum absolute atomic E-state index is 0.709. The zero-order valence-corrected chi connectivity index (χ0v) is 12.8. The number of thiazole rings is 1. The molecule has 1 aliphatic rings. The van der Waals surface area contributed by atoms with Crippen LogP contribution in [0.25, 0.3) is 0 Å². The van der Waals surface area contributed by atoms with Crippen LogP contribution in [-0.4, -0.2) is 17.6 Å². The van der Waals surface area contributed by atoms with Crippen LogP contribution in [0.3, 0.4) is 0 Å². The maximum absolute atomic E-state index is 4.78. The van der Waals surface area contributed by atoms with Gasteiger partial charge in [0.2, 0.25) is 0 Å². The Hall–Kier alpha value is -0.910. The van der Waals surface area contributed by atoms with Gasteiger partial charge < -0.3 is 10.2 Å². The molecule has 1 saturated carbocycles. The van der Waals surface area contributed by atoms with Gasteiger partial charge in [-0.15, -0.1) is 22.7 Å². The van der Waals surface area contributed by atoms with Gasteiger partial charge in [0, 0.05) is 22.8 Å². The number of thiophene rings is 1. The van der Waals surface area contributed by atoms with E-state index in [9.17, 15) is 0 Å². The quantitative estimate of drug-likeness (QED) is 0.847. The molecule has 1 fully saturated rings. The number of anilines is 1. The highest BCUT2D eigenvalue weighted by atomic mass is 32.1. The first-order valence-corrected chi connectivity index (χ1v) is 8.57. The van der Waals surface area contributed by atoms with Crippen molar-refractivity contribution in [1.29, 1.82) is 0 Å². The Bertz CT molecular complexity index is 503. The standard InChI is InChI=1S/C14H19N3S2/c1-2-15-8-11-10-19-14(16-11)17(12-5-6-12)9-13-4-3-7-18-13/h3-4,7,10,12,15H,2,5-6,8-9H2,1H3. The third-order valence-corrected chi connectivity index (χ3v) is 5.02. The number of rotatable bonds is 7. The second-order valence-corrected chi connectivity index (χ2v) is 6.71. The van der Waals surface area contributed by atoms with Crippen molar-refractivity contribution in [2.45, 2.75) is 38.9 Å². The van der Waals surface area contributed by atoms with Crippen LogP contribution in [-0.2, 0) is 13.1 Å². The maximum atomic E-state index is 4.78. The second kappa shape index (κ2) is 6.03. The van der Waals surface area contributed by atoms with Gasteiger partial charge in [0.1, 0.15) is 0 Å². The van der Waals surface area contributed by atoms with E-state index in [4.69, 9.17) is 4.98 Å². The lowest BCUT2D eigenvalue weighted by atomic mass is 10.4. The lowest BCUT2D eigenvalue weighted by Crippen LogP contribution is -2.24. The molecule has 2 aromatic heterocycles. The molecule has 2 aromatic rings. The number of aromatic nitrogens is 1. The van der Waals surface area contributed by atoms with Crippen LogP contribution < -0.4 is 10.2 Å². The molecule has 0 aliphatic heterocycles. The molecule has 0 bridgehead atoms. The van der Waals surface area contributed by atoms with E-state index < -0.39 is 0 Å². The smallest absolute Gasteiger partial charge is 0.186 e. The second-order valence-electron chi connectivity index (χ2n) is 4.84. The normalized spacial score (nSPS) is 14.8. The Kier molecular flexibility index (Phi) is 4.15. The van der Waals surface area contributed by atoms with E-state index >= 15 is 0 Å². The lowest BCUT2D eigenvalue weighted by molar-refractivity contribution is 0.710. The molecule has 5 heteroatoms. The molecule has 3 rings (SSSR count). The molecule has 19 heavy (non-hydrogen) atoms. The molecule has 0 aromatic carbocycles. The Balaban J connectivity index is 1.70. The molecule has 0 radical (unpaired) electrons. The van der Waals surface area contributed by atoms with E-state index in [2.05, 4.69) is 40.0 Å². The first kappa shape index (κ1) is 13.1. The summed E-state index contributed by atoms with van der Waals surface area (Å²) in [6.07, 6.45) is 2.63. The summed E-state index contributed by atoms with van der Waals surface area (Å²) in [5.41, 5.74) is 1.17. The average molecular weight is 293 g/mol. The van der Waals surface area contributed by atoms with E-state index in [1.807, 2.05) is 11.3 Å². The SMILES string of the molecule is CCNCc1csc(N(Cc2cccs2)C2CC2)n1. The van der Waals surface area contributed by atoms with Crippen molar-refractivity contribution in [3.8, 4) is 0 Å². The minimum atomic E-state index is 0.709. The van der Waals surface area contributed by atoms with Crippen LogP contribution in [0.2, 0.25) is 0 Å². The topological polar surface area (TPSA) is 28.2 Å². The summed E-state index contributed by atoms with van der Waals surface area (Å²) < 4.78 is 0. The van der Waals surface area contributed by atoms with Crippen molar-refractivity contribution in [3.05, 3.63) is 33.5 Å². The highest BCUT2D eigenvalue weighted by Gasteiger charge is 2.31. The van der Waals surface area contributed by atoms with E-state index in [-0.39, 0.29) is 0 Å². The zero-order chi connectivity index (χ0) is 13.1. The largest absolute Gasteiger partial charge is 0.340 e. The van der Waals surface area contributed by atoms with Crippen molar-refractivity contribution >= 4 is 27.8 Å². The minimum Gasteiger partial charge on any atom is -0.340 e. The number of nitrogens with one attached hydrogen (secondary N) is 1. The molecule has 0 saturated heterocycles. The fourth-order valence-corrected chi connectivity index (χ4v) is 3.67. The Morgan fingerprint density at radius 2 is 2.32 bits per heavy atom. The van der Waals surface area contributed by atoms with Gasteiger partial charge >= 0.3 is 0 Å². The third kappa shape index (κ3) is 3.35. The van der Waals surface area contributed by atoms with E-state index in [0.717, 1.165) is 19.6 Å². The molecule has 1 N–H and O–H groups in total. The van der Waals surface area contributed by atoms with Crippen LogP contribution in [0, 0.1) is 0 Å². The summed E-state index contributed by atoms with van der Waals surface area (Å²) in [4.78, 5) is 8.68. The average Bonchev–Trinajstić information content (AvgIpc) is 2.94. The number of hydrogen-bond donors (Lipinski definition) is 1. The lowest BCUT2D eigenvalue weighted by Gasteiger charge is -2.20. The van der Waals surface area contributed by atoms with Gasteiger partial charge in [-0.2, -0.15) is 0 Å². The van der Waals surface area contributed by atoms with Crippen LogP contribution in [0.5, 0.6) is 0 Å². The van der Waals surface area contributed by atoms with Gasteiger partial charge in [-0.05, 0) is 30.8 Å². The van der Waals surface area contributed by atoms with Crippen LogP contribution in [0.4, 0.5) is 5.13 Å². The van der Waals surface area contributed by atoms with E-state index in [1.54, 1.807) is 11.3 Å². The van der Waals surface area contributed by atoms with Crippen molar-refractivity contribution < 1.29 is 0 Å².